The van der Waals surface area contributed by atoms with Gasteiger partial charge in [-0.3, -0.25) is 4.79 Å². The number of fused-ring (bicyclic) bond motifs is 1. The van der Waals surface area contributed by atoms with E-state index in [0.29, 0.717) is 5.69 Å². The zero-order chi connectivity index (χ0) is 13.6. The predicted octanol–water partition coefficient (Wildman–Crippen LogP) is 2.23. The van der Waals surface area contributed by atoms with Gasteiger partial charge in [-0.1, -0.05) is 6.07 Å². The van der Waals surface area contributed by atoms with Crippen LogP contribution >= 0.6 is 11.8 Å². The first-order valence-corrected chi connectivity index (χ1v) is 7.45. The number of imide groups is 1. The van der Waals surface area contributed by atoms with Gasteiger partial charge in [-0.2, -0.15) is 0 Å². The van der Waals surface area contributed by atoms with Crippen molar-refractivity contribution in [2.24, 2.45) is 0 Å². The number of anilines is 1. The summed E-state index contributed by atoms with van der Waals surface area (Å²) in [6, 6.07) is 5.50. The normalized spacial score (nSPS) is 26.3. The Morgan fingerprint density at radius 1 is 1.21 bits per heavy atom. The van der Waals surface area contributed by atoms with E-state index in [9.17, 15) is 9.59 Å². The molecule has 2 heterocycles. The van der Waals surface area contributed by atoms with E-state index in [0.717, 1.165) is 23.3 Å². The second-order valence-electron chi connectivity index (χ2n) is 5.16. The van der Waals surface area contributed by atoms with Crippen molar-refractivity contribution < 1.29 is 9.59 Å². The van der Waals surface area contributed by atoms with E-state index in [4.69, 9.17) is 0 Å². The number of rotatable bonds is 1. The van der Waals surface area contributed by atoms with Crippen molar-refractivity contribution in [1.29, 1.82) is 0 Å². The molecule has 2 unspecified atom stereocenters. The molecule has 0 aliphatic carbocycles. The minimum absolute atomic E-state index is 0.00663. The molecule has 3 amide bonds. The molecule has 2 fully saturated rings. The average Bonchev–Trinajstić information content (AvgIpc) is 2.75. The van der Waals surface area contributed by atoms with Gasteiger partial charge in [-0.05, 0) is 49.3 Å². The van der Waals surface area contributed by atoms with Gasteiger partial charge in [0.2, 0.25) is 5.91 Å². The molecule has 4 nitrogen and oxygen atoms in total. The van der Waals surface area contributed by atoms with Crippen LogP contribution in [0.2, 0.25) is 0 Å². The number of aryl methyl sites for hydroxylation is 2. The number of nitrogens with one attached hydrogen (secondary N) is 1. The van der Waals surface area contributed by atoms with Gasteiger partial charge < -0.3 is 5.32 Å². The van der Waals surface area contributed by atoms with Crippen LogP contribution in [0.1, 0.15) is 17.5 Å². The highest BCUT2D eigenvalue weighted by molar-refractivity contribution is 8.01. The Morgan fingerprint density at radius 2 is 1.89 bits per heavy atom. The molecule has 100 valence electrons. The van der Waals surface area contributed by atoms with E-state index in [-0.39, 0.29) is 23.2 Å². The Hall–Kier alpha value is -1.49. The zero-order valence-corrected chi connectivity index (χ0v) is 11.8. The van der Waals surface area contributed by atoms with Crippen molar-refractivity contribution in [3.63, 3.8) is 0 Å². The lowest BCUT2D eigenvalue weighted by molar-refractivity contribution is -0.118. The Balaban J connectivity index is 1.98. The number of benzene rings is 1. The van der Waals surface area contributed by atoms with Gasteiger partial charge in [-0.25, -0.2) is 9.69 Å². The summed E-state index contributed by atoms with van der Waals surface area (Å²) in [4.78, 5) is 25.9. The van der Waals surface area contributed by atoms with Gasteiger partial charge >= 0.3 is 6.03 Å². The van der Waals surface area contributed by atoms with E-state index in [1.165, 1.54) is 4.90 Å². The minimum atomic E-state index is -0.293. The van der Waals surface area contributed by atoms with Crippen molar-refractivity contribution in [3.05, 3.63) is 29.3 Å². The number of nitrogens with zero attached hydrogens (tertiary/aromatic N) is 1. The maximum absolute atomic E-state index is 12.5. The third kappa shape index (κ3) is 2.12. The fourth-order valence-electron chi connectivity index (χ4n) is 2.76. The molecule has 0 saturated carbocycles. The smallest absolute Gasteiger partial charge is 0.329 e. The third-order valence-corrected chi connectivity index (χ3v) is 4.89. The molecule has 2 aliphatic heterocycles. The van der Waals surface area contributed by atoms with Crippen LogP contribution in [0.25, 0.3) is 0 Å². The van der Waals surface area contributed by atoms with Crippen molar-refractivity contribution in [2.45, 2.75) is 31.6 Å². The first-order chi connectivity index (χ1) is 9.06. The number of urea groups is 1. The van der Waals surface area contributed by atoms with Crippen LogP contribution < -0.4 is 10.2 Å². The van der Waals surface area contributed by atoms with Crippen LogP contribution in [-0.4, -0.2) is 29.0 Å². The zero-order valence-electron chi connectivity index (χ0n) is 11.0. The summed E-state index contributed by atoms with van der Waals surface area (Å²) in [5, 5.41) is 2.82. The monoisotopic (exact) mass is 276 g/mol. The summed E-state index contributed by atoms with van der Waals surface area (Å²) in [7, 11) is 0. The molecule has 0 bridgehead atoms. The fourth-order valence-corrected chi connectivity index (χ4v) is 4.08. The van der Waals surface area contributed by atoms with Gasteiger partial charge in [0.15, 0.2) is 0 Å². The number of amides is 3. The van der Waals surface area contributed by atoms with E-state index in [1.54, 1.807) is 11.8 Å². The molecule has 19 heavy (non-hydrogen) atoms. The lowest BCUT2D eigenvalue weighted by Crippen LogP contribution is -2.60. The maximum Gasteiger partial charge on any atom is 0.329 e. The molecule has 2 atom stereocenters. The summed E-state index contributed by atoms with van der Waals surface area (Å²) < 4.78 is 0. The van der Waals surface area contributed by atoms with Crippen LogP contribution in [0, 0.1) is 13.8 Å². The van der Waals surface area contributed by atoms with Crippen LogP contribution in [-0.2, 0) is 4.79 Å². The predicted molar refractivity (Wildman–Crippen MR) is 76.6 cm³/mol. The Morgan fingerprint density at radius 3 is 2.58 bits per heavy atom. The molecule has 1 aromatic rings. The van der Waals surface area contributed by atoms with Gasteiger partial charge in [0.25, 0.3) is 0 Å². The molecule has 0 aromatic heterocycles. The van der Waals surface area contributed by atoms with Crippen molar-refractivity contribution >= 4 is 29.4 Å². The summed E-state index contributed by atoms with van der Waals surface area (Å²) in [5.74, 6) is 0.850. The first kappa shape index (κ1) is 12.5. The first-order valence-electron chi connectivity index (χ1n) is 6.40. The summed E-state index contributed by atoms with van der Waals surface area (Å²) >= 11 is 1.64. The molecule has 0 spiro atoms. The Labute approximate surface area is 116 Å². The van der Waals surface area contributed by atoms with E-state index >= 15 is 0 Å². The van der Waals surface area contributed by atoms with Crippen LogP contribution in [0.5, 0.6) is 0 Å². The third-order valence-electron chi connectivity index (χ3n) is 3.53. The topological polar surface area (TPSA) is 49.4 Å². The second-order valence-corrected chi connectivity index (χ2v) is 6.41. The number of hydrogen-bond donors (Lipinski definition) is 1. The number of carbonyl (C=O) groups is 2. The van der Waals surface area contributed by atoms with E-state index in [1.807, 2.05) is 32.0 Å². The number of carbonyl (C=O) groups excluding carboxylic acids is 2. The molecule has 1 N–H and O–H groups in total. The highest BCUT2D eigenvalue weighted by Gasteiger charge is 2.44. The maximum atomic E-state index is 12.5. The lowest BCUT2D eigenvalue weighted by Gasteiger charge is -2.33. The quantitative estimate of drug-likeness (QED) is 0.855. The molecular formula is C14H16N2O2S. The molecule has 3 rings (SSSR count). The Bertz CT molecular complexity index is 538. The molecule has 2 saturated heterocycles. The van der Waals surface area contributed by atoms with E-state index in [2.05, 4.69) is 5.32 Å². The summed E-state index contributed by atoms with van der Waals surface area (Å²) in [5.41, 5.74) is 2.78. The molecule has 5 heteroatoms. The number of hydrogen-bond acceptors (Lipinski definition) is 3. The van der Waals surface area contributed by atoms with Gasteiger partial charge in [-0.15, -0.1) is 11.8 Å². The van der Waals surface area contributed by atoms with Crippen LogP contribution in [0.4, 0.5) is 10.5 Å². The highest BCUT2D eigenvalue weighted by atomic mass is 32.2. The second kappa shape index (κ2) is 4.56. The lowest BCUT2D eigenvalue weighted by atomic mass is 10.1. The van der Waals surface area contributed by atoms with Gasteiger partial charge in [0.05, 0.1) is 11.7 Å². The van der Waals surface area contributed by atoms with Crippen molar-refractivity contribution in [2.75, 3.05) is 10.7 Å². The standard InChI is InChI=1S/C14H16N2O2S/c1-8-5-9(2)7-10(6-8)16-13(17)12-11(3-4-19-12)15-14(16)18/h5-7,11-12H,3-4H2,1-2H3,(H,15,18). The molecule has 1 aromatic carbocycles. The molecule has 2 aliphatic rings. The molecule has 0 radical (unpaired) electrons. The van der Waals surface area contributed by atoms with Crippen molar-refractivity contribution in [1.82, 2.24) is 5.32 Å². The van der Waals surface area contributed by atoms with Gasteiger partial charge in [0.1, 0.15) is 5.25 Å². The number of thioether (sulfide) groups is 1. The van der Waals surface area contributed by atoms with Gasteiger partial charge in [0, 0.05) is 0 Å². The van der Waals surface area contributed by atoms with Crippen molar-refractivity contribution in [3.8, 4) is 0 Å². The molecular weight excluding hydrogens is 260 g/mol. The largest absolute Gasteiger partial charge is 0.333 e. The minimum Gasteiger partial charge on any atom is -0.333 e. The average molecular weight is 276 g/mol. The van der Waals surface area contributed by atoms with Crippen LogP contribution in [0.3, 0.4) is 0 Å². The van der Waals surface area contributed by atoms with Crippen LogP contribution in [0.15, 0.2) is 18.2 Å². The Kier molecular flexibility index (Phi) is 3.01. The van der Waals surface area contributed by atoms with E-state index < -0.39 is 0 Å². The summed E-state index contributed by atoms with van der Waals surface area (Å²) in [6.45, 7) is 3.94. The summed E-state index contributed by atoms with van der Waals surface area (Å²) in [6.07, 6.45) is 0.882. The fraction of sp³-hybridized carbons (Fsp3) is 0.429. The highest BCUT2D eigenvalue weighted by Crippen LogP contribution is 2.33. The SMILES string of the molecule is Cc1cc(C)cc(N2C(=O)NC3CCSC3C2=O)c1.